The molecule has 0 aliphatic carbocycles. The molecule has 0 N–H and O–H groups in total. The fraction of sp³-hybridized carbons (Fsp3) is 1.00. The van der Waals surface area contributed by atoms with E-state index < -0.39 is 0 Å². The summed E-state index contributed by atoms with van der Waals surface area (Å²) in [6, 6.07) is 0. The van der Waals surface area contributed by atoms with Gasteiger partial charge in [0.05, 0.1) is 9.68 Å². The lowest BCUT2D eigenvalue weighted by Crippen LogP contribution is -2.29. The first-order chi connectivity index (χ1) is 4.20. The van der Waals surface area contributed by atoms with Gasteiger partial charge < -0.3 is 4.57 Å². The molecule has 0 rings (SSSR count). The SMILES string of the molecule is CCN(CC(C)C)[SiH2]C. The zero-order chi connectivity index (χ0) is 7.28. The van der Waals surface area contributed by atoms with E-state index in [1.807, 2.05) is 0 Å². The van der Waals surface area contributed by atoms with Crippen molar-refractivity contribution in [3.8, 4) is 0 Å². The van der Waals surface area contributed by atoms with E-state index in [0.717, 1.165) is 5.92 Å². The van der Waals surface area contributed by atoms with Crippen LogP contribution in [0, 0.1) is 5.92 Å². The van der Waals surface area contributed by atoms with Crippen molar-refractivity contribution < 1.29 is 0 Å². The minimum Gasteiger partial charge on any atom is -0.329 e. The molecule has 0 aliphatic heterocycles. The van der Waals surface area contributed by atoms with Crippen LogP contribution in [0.2, 0.25) is 6.55 Å². The van der Waals surface area contributed by atoms with Gasteiger partial charge in [0.25, 0.3) is 0 Å². The Hall–Kier alpha value is 0.177. The molecule has 0 atom stereocenters. The average molecular weight is 145 g/mol. The van der Waals surface area contributed by atoms with E-state index in [0.29, 0.717) is 0 Å². The van der Waals surface area contributed by atoms with E-state index in [1.165, 1.54) is 13.1 Å². The topological polar surface area (TPSA) is 3.24 Å². The summed E-state index contributed by atoms with van der Waals surface area (Å²) in [5.41, 5.74) is 0. The molecular formula is C7H19NSi. The molecule has 0 aliphatic rings. The Bertz CT molecular complexity index is 59.9. The van der Waals surface area contributed by atoms with Crippen molar-refractivity contribution in [3.05, 3.63) is 0 Å². The lowest BCUT2D eigenvalue weighted by atomic mass is 10.2. The number of rotatable bonds is 4. The average Bonchev–Trinajstić information content (AvgIpc) is 1.82. The van der Waals surface area contributed by atoms with Gasteiger partial charge in [-0.1, -0.05) is 27.3 Å². The maximum atomic E-state index is 2.59. The molecule has 0 amide bonds. The Morgan fingerprint density at radius 1 is 1.44 bits per heavy atom. The molecule has 0 aromatic rings. The highest BCUT2D eigenvalue weighted by Crippen LogP contribution is 1.95. The standard InChI is InChI=1S/C7H19NSi/c1-5-8(9-4)6-7(2)3/h7H,5-6,9H2,1-4H3. The van der Waals surface area contributed by atoms with Gasteiger partial charge in [-0.3, -0.25) is 0 Å². The molecule has 2 heteroatoms. The summed E-state index contributed by atoms with van der Waals surface area (Å²) in [5.74, 6) is 0.845. The predicted octanol–water partition coefficient (Wildman–Crippen LogP) is 1.10. The van der Waals surface area contributed by atoms with Crippen molar-refractivity contribution in [1.29, 1.82) is 0 Å². The first kappa shape index (κ1) is 9.18. The van der Waals surface area contributed by atoms with Crippen LogP contribution in [-0.2, 0) is 0 Å². The highest BCUT2D eigenvalue weighted by molar-refractivity contribution is 6.29. The van der Waals surface area contributed by atoms with Gasteiger partial charge in [-0.25, -0.2) is 0 Å². The second kappa shape index (κ2) is 5.00. The van der Waals surface area contributed by atoms with Gasteiger partial charge >= 0.3 is 0 Å². The Balaban J connectivity index is 3.31. The van der Waals surface area contributed by atoms with Gasteiger partial charge in [-0.05, 0) is 19.0 Å². The van der Waals surface area contributed by atoms with Gasteiger partial charge in [0.15, 0.2) is 0 Å². The zero-order valence-electron chi connectivity index (χ0n) is 7.15. The summed E-state index contributed by atoms with van der Waals surface area (Å²) in [6.07, 6.45) is 0. The van der Waals surface area contributed by atoms with Crippen LogP contribution in [0.1, 0.15) is 20.8 Å². The molecule has 0 fully saturated rings. The normalized spacial score (nSPS) is 12.7. The molecule has 56 valence electrons. The molecule has 0 spiro atoms. The summed E-state index contributed by atoms with van der Waals surface area (Å²) in [5, 5.41) is 0. The predicted molar refractivity (Wildman–Crippen MR) is 46.5 cm³/mol. The van der Waals surface area contributed by atoms with Crippen LogP contribution < -0.4 is 0 Å². The summed E-state index contributed by atoms with van der Waals surface area (Å²) < 4.78 is 2.59. The van der Waals surface area contributed by atoms with Crippen molar-refractivity contribution in [3.63, 3.8) is 0 Å². The molecule has 0 heterocycles. The summed E-state index contributed by atoms with van der Waals surface area (Å²) in [6.45, 7) is 11.7. The van der Waals surface area contributed by atoms with E-state index in [9.17, 15) is 0 Å². The third kappa shape index (κ3) is 4.67. The summed E-state index contributed by atoms with van der Waals surface area (Å²) in [7, 11) is 0.118. The van der Waals surface area contributed by atoms with Crippen LogP contribution >= 0.6 is 0 Å². The van der Waals surface area contributed by atoms with Crippen LogP contribution in [0.5, 0.6) is 0 Å². The Labute approximate surface area is 61.3 Å². The van der Waals surface area contributed by atoms with Crippen molar-refractivity contribution in [2.45, 2.75) is 27.3 Å². The largest absolute Gasteiger partial charge is 0.329 e. The zero-order valence-corrected chi connectivity index (χ0v) is 8.56. The minimum absolute atomic E-state index is 0.118. The third-order valence-electron chi connectivity index (χ3n) is 1.52. The fourth-order valence-electron chi connectivity index (χ4n) is 0.998. The molecule has 0 aromatic carbocycles. The molecular weight excluding hydrogens is 126 g/mol. The van der Waals surface area contributed by atoms with Crippen molar-refractivity contribution in [1.82, 2.24) is 4.57 Å². The number of hydrogen-bond donors (Lipinski definition) is 0. The molecule has 0 bridgehead atoms. The lowest BCUT2D eigenvalue weighted by Gasteiger charge is -2.19. The Morgan fingerprint density at radius 3 is 2.11 bits per heavy atom. The molecule has 1 nitrogen and oxygen atoms in total. The molecule has 9 heavy (non-hydrogen) atoms. The highest BCUT2D eigenvalue weighted by Gasteiger charge is 2.00. The lowest BCUT2D eigenvalue weighted by molar-refractivity contribution is 0.402. The van der Waals surface area contributed by atoms with E-state index in [4.69, 9.17) is 0 Å². The van der Waals surface area contributed by atoms with Crippen LogP contribution in [0.25, 0.3) is 0 Å². The maximum absolute atomic E-state index is 2.59. The van der Waals surface area contributed by atoms with Gasteiger partial charge in [-0.2, -0.15) is 0 Å². The van der Waals surface area contributed by atoms with Gasteiger partial charge in [0, 0.05) is 0 Å². The van der Waals surface area contributed by atoms with Crippen molar-refractivity contribution >= 4 is 9.68 Å². The van der Waals surface area contributed by atoms with E-state index >= 15 is 0 Å². The molecule has 0 saturated carbocycles. The Morgan fingerprint density at radius 2 is 2.00 bits per heavy atom. The number of hydrogen-bond acceptors (Lipinski definition) is 1. The van der Waals surface area contributed by atoms with Crippen LogP contribution in [-0.4, -0.2) is 27.3 Å². The first-order valence-corrected chi connectivity index (χ1v) is 5.97. The molecule has 0 radical (unpaired) electrons. The second-order valence-electron chi connectivity index (χ2n) is 2.88. The van der Waals surface area contributed by atoms with Crippen molar-refractivity contribution in [2.75, 3.05) is 13.1 Å². The van der Waals surface area contributed by atoms with Crippen LogP contribution in [0.3, 0.4) is 0 Å². The third-order valence-corrected chi connectivity index (χ3v) is 3.12. The van der Waals surface area contributed by atoms with Gasteiger partial charge in [0.1, 0.15) is 0 Å². The van der Waals surface area contributed by atoms with E-state index in [-0.39, 0.29) is 9.68 Å². The monoisotopic (exact) mass is 145 g/mol. The number of nitrogens with zero attached hydrogens (tertiary/aromatic N) is 1. The quantitative estimate of drug-likeness (QED) is 0.535. The highest BCUT2D eigenvalue weighted by atomic mass is 28.2. The van der Waals surface area contributed by atoms with Crippen LogP contribution in [0.4, 0.5) is 0 Å². The van der Waals surface area contributed by atoms with Gasteiger partial charge in [0.2, 0.25) is 0 Å². The van der Waals surface area contributed by atoms with E-state index in [2.05, 4.69) is 31.9 Å². The Kier molecular flexibility index (Phi) is 5.10. The minimum atomic E-state index is 0.118. The van der Waals surface area contributed by atoms with Gasteiger partial charge in [-0.15, -0.1) is 0 Å². The van der Waals surface area contributed by atoms with Crippen LogP contribution in [0.15, 0.2) is 0 Å². The fourth-order valence-corrected chi connectivity index (χ4v) is 2.22. The smallest absolute Gasteiger partial charge is 0.0919 e. The van der Waals surface area contributed by atoms with Crippen molar-refractivity contribution in [2.24, 2.45) is 5.92 Å². The first-order valence-electron chi connectivity index (χ1n) is 3.93. The molecule has 0 saturated heterocycles. The molecule has 0 aromatic heterocycles. The maximum Gasteiger partial charge on any atom is 0.0919 e. The summed E-state index contributed by atoms with van der Waals surface area (Å²) >= 11 is 0. The second-order valence-corrected chi connectivity index (χ2v) is 4.41. The molecule has 0 unspecified atom stereocenters. The summed E-state index contributed by atoms with van der Waals surface area (Å²) in [4.78, 5) is 0. The van der Waals surface area contributed by atoms with E-state index in [1.54, 1.807) is 0 Å².